The zero-order valence-corrected chi connectivity index (χ0v) is 10.2. The number of ether oxygens (including phenoxy) is 1. The summed E-state index contributed by atoms with van der Waals surface area (Å²) < 4.78 is 4.24. The van der Waals surface area contributed by atoms with Crippen LogP contribution in [0.2, 0.25) is 10.0 Å². The second-order valence-electron chi connectivity index (χ2n) is 3.42. The molecule has 0 amide bonds. The fourth-order valence-corrected chi connectivity index (χ4v) is 2.35. The highest BCUT2D eigenvalue weighted by Gasteiger charge is 2.40. The van der Waals surface area contributed by atoms with E-state index in [0.717, 1.165) is 0 Å². The van der Waals surface area contributed by atoms with Gasteiger partial charge in [0.25, 0.3) is 0 Å². The molecule has 0 atom stereocenters. The number of benzene rings is 1. The van der Waals surface area contributed by atoms with Crippen molar-refractivity contribution >= 4 is 47.1 Å². The van der Waals surface area contributed by atoms with Gasteiger partial charge in [0.2, 0.25) is 0 Å². The first-order valence-corrected chi connectivity index (χ1v) is 5.31. The molecule has 7 nitrogen and oxygen atoms in total. The van der Waals surface area contributed by atoms with Crippen LogP contribution >= 0.6 is 23.2 Å². The molecular weight excluding hydrogens is 303 g/mol. The molecular formula is C10H2Cl2O7. The van der Waals surface area contributed by atoms with Crippen LogP contribution in [0, 0.1) is 0 Å². The lowest BCUT2D eigenvalue weighted by molar-refractivity contribution is 0.0372. The average Bonchev–Trinajstić information content (AvgIpc) is 2.26. The summed E-state index contributed by atoms with van der Waals surface area (Å²) in [6.45, 7) is 0. The van der Waals surface area contributed by atoms with Crippen LogP contribution in [0.15, 0.2) is 0 Å². The molecule has 2 rings (SSSR count). The van der Waals surface area contributed by atoms with Crippen molar-refractivity contribution in [2.75, 3.05) is 0 Å². The number of rotatable bonds is 2. The van der Waals surface area contributed by atoms with Crippen LogP contribution < -0.4 is 0 Å². The minimum absolute atomic E-state index is 0.597. The third-order valence-electron chi connectivity index (χ3n) is 2.40. The van der Waals surface area contributed by atoms with Crippen molar-refractivity contribution in [3.05, 3.63) is 32.3 Å². The Labute approximate surface area is 114 Å². The molecule has 1 heterocycles. The van der Waals surface area contributed by atoms with Gasteiger partial charge in [0.05, 0.1) is 32.3 Å². The van der Waals surface area contributed by atoms with Crippen LogP contribution in [0.1, 0.15) is 41.4 Å². The number of hydrogen-bond acceptors (Lipinski definition) is 5. The van der Waals surface area contributed by atoms with Crippen molar-refractivity contribution in [1.29, 1.82) is 0 Å². The zero-order chi connectivity index (χ0) is 14.5. The van der Waals surface area contributed by atoms with Crippen LogP contribution in [0.25, 0.3) is 0 Å². The van der Waals surface area contributed by atoms with Crippen LogP contribution in [0.3, 0.4) is 0 Å². The van der Waals surface area contributed by atoms with Crippen LogP contribution in [-0.4, -0.2) is 34.1 Å². The van der Waals surface area contributed by atoms with E-state index < -0.39 is 56.2 Å². The summed E-state index contributed by atoms with van der Waals surface area (Å²) in [4.78, 5) is 45.0. The Hall–Kier alpha value is -2.12. The molecule has 0 aliphatic carbocycles. The summed E-state index contributed by atoms with van der Waals surface area (Å²) >= 11 is 11.3. The lowest BCUT2D eigenvalue weighted by Gasteiger charge is -2.19. The maximum atomic E-state index is 11.5. The number of cyclic esters (lactones) is 2. The summed E-state index contributed by atoms with van der Waals surface area (Å²) in [5.41, 5.74) is -2.91. The molecule has 0 fully saturated rings. The molecule has 98 valence electrons. The van der Waals surface area contributed by atoms with Gasteiger partial charge in [-0.3, -0.25) is 0 Å². The topological polar surface area (TPSA) is 118 Å². The van der Waals surface area contributed by atoms with E-state index in [1.807, 2.05) is 0 Å². The number of carbonyl (C=O) groups excluding carboxylic acids is 2. The van der Waals surface area contributed by atoms with Crippen molar-refractivity contribution in [2.45, 2.75) is 0 Å². The minimum Gasteiger partial charge on any atom is -0.478 e. The maximum absolute atomic E-state index is 11.5. The fraction of sp³-hybridized carbons (Fsp3) is 0. The van der Waals surface area contributed by atoms with Crippen LogP contribution in [0.4, 0.5) is 0 Å². The molecule has 2 N–H and O–H groups in total. The molecule has 9 heteroatoms. The van der Waals surface area contributed by atoms with E-state index in [0.29, 0.717) is 0 Å². The van der Waals surface area contributed by atoms with Crippen molar-refractivity contribution in [1.82, 2.24) is 0 Å². The summed E-state index contributed by atoms with van der Waals surface area (Å²) in [6.07, 6.45) is 0. The highest BCUT2D eigenvalue weighted by Crippen LogP contribution is 2.39. The van der Waals surface area contributed by atoms with Gasteiger partial charge in [0.1, 0.15) is 0 Å². The van der Waals surface area contributed by atoms with E-state index >= 15 is 0 Å². The molecule has 0 aromatic heterocycles. The highest BCUT2D eigenvalue weighted by atomic mass is 35.5. The predicted octanol–water partition coefficient (Wildman–Crippen LogP) is 1.70. The van der Waals surface area contributed by atoms with Crippen molar-refractivity contribution in [3.63, 3.8) is 0 Å². The van der Waals surface area contributed by atoms with Crippen molar-refractivity contribution < 1.29 is 34.1 Å². The third-order valence-corrected chi connectivity index (χ3v) is 3.16. The molecule has 1 aromatic rings. The van der Waals surface area contributed by atoms with Gasteiger partial charge < -0.3 is 14.9 Å². The number of hydrogen-bond donors (Lipinski definition) is 2. The number of halogens is 2. The van der Waals surface area contributed by atoms with Gasteiger partial charge in [0.15, 0.2) is 0 Å². The predicted molar refractivity (Wildman–Crippen MR) is 60.1 cm³/mol. The Bertz CT molecular complexity index is 624. The summed E-state index contributed by atoms with van der Waals surface area (Å²) in [5, 5.41) is 16.6. The number of esters is 2. The summed E-state index contributed by atoms with van der Waals surface area (Å²) in [6, 6.07) is 0. The fourth-order valence-electron chi connectivity index (χ4n) is 1.66. The number of carboxylic acid groups (broad SMARTS) is 2. The Morgan fingerprint density at radius 1 is 0.842 bits per heavy atom. The zero-order valence-electron chi connectivity index (χ0n) is 8.69. The van der Waals surface area contributed by atoms with Gasteiger partial charge in [0, 0.05) is 0 Å². The van der Waals surface area contributed by atoms with E-state index in [4.69, 9.17) is 33.4 Å². The highest BCUT2D eigenvalue weighted by molar-refractivity contribution is 6.44. The molecule has 2 bridgehead atoms. The molecule has 0 radical (unpaired) electrons. The Morgan fingerprint density at radius 2 is 1.21 bits per heavy atom. The number of fused-ring (bicyclic) bond motifs is 2. The van der Waals surface area contributed by atoms with Gasteiger partial charge in [-0.25, -0.2) is 19.2 Å². The van der Waals surface area contributed by atoms with Gasteiger partial charge in [-0.15, -0.1) is 0 Å². The first-order chi connectivity index (χ1) is 8.77. The monoisotopic (exact) mass is 304 g/mol. The van der Waals surface area contributed by atoms with E-state index in [1.165, 1.54) is 0 Å². The largest absolute Gasteiger partial charge is 0.478 e. The van der Waals surface area contributed by atoms with E-state index in [-0.39, 0.29) is 0 Å². The molecule has 0 unspecified atom stereocenters. The second-order valence-corrected chi connectivity index (χ2v) is 4.17. The van der Waals surface area contributed by atoms with Crippen molar-refractivity contribution in [3.8, 4) is 0 Å². The number of aromatic carboxylic acids is 2. The number of carbonyl (C=O) groups is 4. The maximum Gasteiger partial charge on any atom is 0.348 e. The quantitative estimate of drug-likeness (QED) is 0.630. The van der Waals surface area contributed by atoms with Gasteiger partial charge in [-0.1, -0.05) is 23.2 Å². The van der Waals surface area contributed by atoms with Gasteiger partial charge >= 0.3 is 23.9 Å². The molecule has 1 aromatic carbocycles. The minimum atomic E-state index is -1.66. The molecule has 19 heavy (non-hydrogen) atoms. The smallest absolute Gasteiger partial charge is 0.348 e. The second kappa shape index (κ2) is 4.22. The summed E-state index contributed by atoms with van der Waals surface area (Å²) in [7, 11) is 0. The Balaban J connectivity index is 3.04. The first kappa shape index (κ1) is 13.3. The lowest BCUT2D eigenvalue weighted by Crippen LogP contribution is -2.27. The SMILES string of the molecule is O=C(O)c1c(Cl)c(C(=O)O)c2c(Cl)c1C(=O)OC2=O. The molecule has 0 spiro atoms. The summed E-state index contributed by atoms with van der Waals surface area (Å²) in [5.74, 6) is -5.91. The van der Waals surface area contributed by atoms with Gasteiger partial charge in [-0.2, -0.15) is 0 Å². The molecule has 1 aliphatic rings. The average molecular weight is 305 g/mol. The molecule has 1 aliphatic heterocycles. The number of carboxylic acids is 2. The van der Waals surface area contributed by atoms with Crippen LogP contribution in [0.5, 0.6) is 0 Å². The van der Waals surface area contributed by atoms with Crippen LogP contribution in [-0.2, 0) is 4.74 Å². The Morgan fingerprint density at radius 3 is 1.53 bits per heavy atom. The van der Waals surface area contributed by atoms with E-state index in [9.17, 15) is 19.2 Å². The lowest BCUT2D eigenvalue weighted by atomic mass is 9.95. The van der Waals surface area contributed by atoms with E-state index in [1.54, 1.807) is 0 Å². The third kappa shape index (κ3) is 1.74. The van der Waals surface area contributed by atoms with Crippen molar-refractivity contribution in [2.24, 2.45) is 0 Å². The molecule has 0 saturated heterocycles. The molecule has 0 saturated carbocycles. The first-order valence-electron chi connectivity index (χ1n) is 4.55. The Kier molecular flexibility index (Phi) is 2.95. The normalized spacial score (nSPS) is 13.2. The van der Waals surface area contributed by atoms with E-state index in [2.05, 4.69) is 4.74 Å². The van der Waals surface area contributed by atoms with Gasteiger partial charge in [-0.05, 0) is 0 Å². The standard InChI is InChI=1S/C10H2Cl2O7/c11-5-1(7(13)14)3-6(12)4(2(5)8(15)16)10(18)19-9(3)17/h(H,13,14)(H,15,16).